The van der Waals surface area contributed by atoms with Crippen LogP contribution in [0.5, 0.6) is 11.5 Å². The lowest BCUT2D eigenvalue weighted by atomic mass is 10.1. The number of rotatable bonds is 4. The number of ether oxygens (including phenoxy) is 1. The fourth-order valence-electron chi connectivity index (χ4n) is 1.93. The Morgan fingerprint density at radius 2 is 1.71 bits per heavy atom. The predicted octanol–water partition coefficient (Wildman–Crippen LogP) is 3.70. The number of hydrogen-bond acceptors (Lipinski definition) is 4. The molecule has 0 aromatic heterocycles. The van der Waals surface area contributed by atoms with E-state index < -0.39 is 10.9 Å². The summed E-state index contributed by atoms with van der Waals surface area (Å²) in [6.07, 6.45) is 0. The van der Waals surface area contributed by atoms with Crippen LogP contribution in [-0.2, 0) is 0 Å². The molecule has 6 heteroatoms. The summed E-state index contributed by atoms with van der Waals surface area (Å²) in [5, 5.41) is 19.8. The Morgan fingerprint density at radius 1 is 1.10 bits per heavy atom. The first-order valence-corrected chi connectivity index (χ1v) is 6.15. The Hall–Kier alpha value is -2.89. The molecule has 0 heterocycles. The standard InChI is InChI=1S/C15H13NO5/c1-9-3-4-12(8-14(9)16(19)20)21-11-5-6-13(15(17)18)10(2)7-11/h3-8H,1-2H3,(H,17,18). The number of benzene rings is 2. The first kappa shape index (κ1) is 14.5. The van der Waals surface area contributed by atoms with Crippen molar-refractivity contribution in [2.45, 2.75) is 13.8 Å². The molecule has 0 atom stereocenters. The first-order chi connectivity index (χ1) is 9.88. The van der Waals surface area contributed by atoms with Crippen LogP contribution in [0, 0.1) is 24.0 Å². The molecule has 2 rings (SSSR count). The van der Waals surface area contributed by atoms with Crippen LogP contribution in [0.1, 0.15) is 21.5 Å². The Balaban J connectivity index is 2.30. The molecule has 0 fully saturated rings. The molecular weight excluding hydrogens is 274 g/mol. The molecule has 0 aliphatic rings. The van der Waals surface area contributed by atoms with Crippen LogP contribution < -0.4 is 4.74 Å². The summed E-state index contributed by atoms with van der Waals surface area (Å²) in [7, 11) is 0. The number of nitrogens with zero attached hydrogens (tertiary/aromatic N) is 1. The number of carbonyl (C=O) groups is 1. The molecule has 108 valence electrons. The zero-order valence-electron chi connectivity index (χ0n) is 11.5. The van der Waals surface area contributed by atoms with Gasteiger partial charge in [-0.15, -0.1) is 0 Å². The summed E-state index contributed by atoms with van der Waals surface area (Å²) in [5.41, 5.74) is 1.27. The van der Waals surface area contributed by atoms with Gasteiger partial charge in [0.15, 0.2) is 0 Å². The van der Waals surface area contributed by atoms with E-state index in [2.05, 4.69) is 0 Å². The van der Waals surface area contributed by atoms with Crippen molar-refractivity contribution >= 4 is 11.7 Å². The van der Waals surface area contributed by atoms with E-state index in [1.165, 1.54) is 18.2 Å². The van der Waals surface area contributed by atoms with Crippen LogP contribution in [0.4, 0.5) is 5.69 Å². The molecule has 0 spiro atoms. The van der Waals surface area contributed by atoms with Gasteiger partial charge in [0.05, 0.1) is 16.6 Å². The highest BCUT2D eigenvalue weighted by atomic mass is 16.6. The van der Waals surface area contributed by atoms with Crippen LogP contribution >= 0.6 is 0 Å². The number of carboxylic acid groups (broad SMARTS) is 1. The number of aryl methyl sites for hydroxylation is 2. The van der Waals surface area contributed by atoms with Gasteiger partial charge < -0.3 is 9.84 Å². The maximum absolute atomic E-state index is 10.9. The highest BCUT2D eigenvalue weighted by Crippen LogP contribution is 2.28. The smallest absolute Gasteiger partial charge is 0.335 e. The number of nitro benzene ring substituents is 1. The summed E-state index contributed by atoms with van der Waals surface area (Å²) in [6, 6.07) is 9.11. The number of carboxylic acids is 1. The number of nitro groups is 1. The third kappa shape index (κ3) is 3.17. The van der Waals surface area contributed by atoms with Crippen molar-refractivity contribution in [1.82, 2.24) is 0 Å². The molecule has 1 N–H and O–H groups in total. The van der Waals surface area contributed by atoms with Crippen LogP contribution in [-0.4, -0.2) is 16.0 Å². The third-order valence-electron chi connectivity index (χ3n) is 3.04. The summed E-state index contributed by atoms with van der Waals surface area (Å²) in [4.78, 5) is 21.3. The highest BCUT2D eigenvalue weighted by molar-refractivity contribution is 5.89. The van der Waals surface area contributed by atoms with Crippen LogP contribution in [0.2, 0.25) is 0 Å². The molecule has 2 aromatic rings. The van der Waals surface area contributed by atoms with Gasteiger partial charge in [-0.2, -0.15) is 0 Å². The van der Waals surface area contributed by atoms with E-state index in [1.807, 2.05) is 0 Å². The van der Waals surface area contributed by atoms with Crippen molar-refractivity contribution < 1.29 is 19.6 Å². The summed E-state index contributed by atoms with van der Waals surface area (Å²) >= 11 is 0. The van der Waals surface area contributed by atoms with Gasteiger partial charge in [0, 0.05) is 5.56 Å². The molecular formula is C15H13NO5. The molecule has 0 saturated heterocycles. The van der Waals surface area contributed by atoms with E-state index >= 15 is 0 Å². The monoisotopic (exact) mass is 287 g/mol. The molecule has 0 amide bonds. The minimum atomic E-state index is -1.01. The maximum Gasteiger partial charge on any atom is 0.335 e. The normalized spacial score (nSPS) is 10.2. The highest BCUT2D eigenvalue weighted by Gasteiger charge is 2.13. The molecule has 0 radical (unpaired) electrons. The molecule has 21 heavy (non-hydrogen) atoms. The first-order valence-electron chi connectivity index (χ1n) is 6.15. The van der Waals surface area contributed by atoms with E-state index in [0.717, 1.165) is 0 Å². The van der Waals surface area contributed by atoms with Gasteiger partial charge in [-0.25, -0.2) is 4.79 Å². The van der Waals surface area contributed by atoms with Crippen molar-refractivity contribution in [1.29, 1.82) is 0 Å². The van der Waals surface area contributed by atoms with Crippen molar-refractivity contribution in [3.8, 4) is 11.5 Å². The second kappa shape index (κ2) is 5.62. The third-order valence-corrected chi connectivity index (χ3v) is 3.04. The van der Waals surface area contributed by atoms with Crippen molar-refractivity contribution in [3.05, 3.63) is 63.2 Å². The Kier molecular flexibility index (Phi) is 3.89. The van der Waals surface area contributed by atoms with Crippen LogP contribution in [0.3, 0.4) is 0 Å². The molecule has 0 unspecified atom stereocenters. The average Bonchev–Trinajstić information content (AvgIpc) is 2.40. The maximum atomic E-state index is 10.9. The van der Waals surface area contributed by atoms with Gasteiger partial charge in [-0.05, 0) is 49.7 Å². The van der Waals surface area contributed by atoms with Crippen molar-refractivity contribution in [2.75, 3.05) is 0 Å². The molecule has 0 aliphatic carbocycles. The largest absolute Gasteiger partial charge is 0.478 e. The summed E-state index contributed by atoms with van der Waals surface area (Å²) < 4.78 is 5.54. The van der Waals surface area contributed by atoms with E-state index in [-0.39, 0.29) is 11.3 Å². The van der Waals surface area contributed by atoms with Gasteiger partial charge in [0.1, 0.15) is 11.5 Å². The van der Waals surface area contributed by atoms with E-state index in [4.69, 9.17) is 9.84 Å². The lowest BCUT2D eigenvalue weighted by Gasteiger charge is -2.08. The number of aromatic carboxylic acids is 1. The fraction of sp³-hybridized carbons (Fsp3) is 0.133. The van der Waals surface area contributed by atoms with E-state index in [9.17, 15) is 14.9 Å². The number of hydrogen-bond donors (Lipinski definition) is 1. The Morgan fingerprint density at radius 3 is 2.29 bits per heavy atom. The van der Waals surface area contributed by atoms with Crippen molar-refractivity contribution in [3.63, 3.8) is 0 Å². The quantitative estimate of drug-likeness (QED) is 0.684. The van der Waals surface area contributed by atoms with Gasteiger partial charge >= 0.3 is 5.97 Å². The zero-order chi connectivity index (χ0) is 15.6. The lowest BCUT2D eigenvalue weighted by Crippen LogP contribution is -1.99. The topological polar surface area (TPSA) is 89.7 Å². The summed E-state index contributed by atoms with van der Waals surface area (Å²) in [6.45, 7) is 3.31. The van der Waals surface area contributed by atoms with Crippen LogP contribution in [0.25, 0.3) is 0 Å². The van der Waals surface area contributed by atoms with E-state index in [0.29, 0.717) is 22.6 Å². The molecule has 6 nitrogen and oxygen atoms in total. The molecule has 0 aliphatic heterocycles. The van der Waals surface area contributed by atoms with E-state index in [1.54, 1.807) is 32.0 Å². The van der Waals surface area contributed by atoms with Gasteiger partial charge in [0.25, 0.3) is 5.69 Å². The molecule has 2 aromatic carbocycles. The van der Waals surface area contributed by atoms with Gasteiger partial charge in [0.2, 0.25) is 0 Å². The Labute approximate surface area is 120 Å². The second-order valence-electron chi connectivity index (χ2n) is 4.59. The SMILES string of the molecule is Cc1cc(Oc2ccc(C)c([N+](=O)[O-])c2)ccc1C(=O)O. The molecule has 0 bridgehead atoms. The van der Waals surface area contributed by atoms with Crippen LogP contribution in [0.15, 0.2) is 36.4 Å². The minimum absolute atomic E-state index is 0.0219. The second-order valence-corrected chi connectivity index (χ2v) is 4.59. The minimum Gasteiger partial charge on any atom is -0.478 e. The fourth-order valence-corrected chi connectivity index (χ4v) is 1.93. The predicted molar refractivity (Wildman–Crippen MR) is 76.0 cm³/mol. The summed E-state index contributed by atoms with van der Waals surface area (Å²) in [5.74, 6) is -0.254. The van der Waals surface area contributed by atoms with Crippen molar-refractivity contribution in [2.24, 2.45) is 0 Å². The molecule has 0 saturated carbocycles. The zero-order valence-corrected chi connectivity index (χ0v) is 11.5. The Bertz CT molecular complexity index is 724. The van der Waals surface area contributed by atoms with Gasteiger partial charge in [-0.1, -0.05) is 0 Å². The average molecular weight is 287 g/mol. The van der Waals surface area contributed by atoms with Gasteiger partial charge in [-0.3, -0.25) is 10.1 Å². The lowest BCUT2D eigenvalue weighted by molar-refractivity contribution is -0.385.